The normalized spacial score (nSPS) is 11.6. The van der Waals surface area contributed by atoms with Gasteiger partial charge in [-0.15, -0.1) is 0 Å². The third-order valence-electron chi connectivity index (χ3n) is 1.96. The molecular formula is C11H15N3O. The molecule has 15 heavy (non-hydrogen) atoms. The lowest BCUT2D eigenvalue weighted by atomic mass is 10.2. The Kier molecular flexibility index (Phi) is 3.97. The Morgan fingerprint density at radius 2 is 2.00 bits per heavy atom. The van der Waals surface area contributed by atoms with Crippen molar-refractivity contribution >= 4 is 11.6 Å². The number of carbonyl (C=O) groups is 1. The quantitative estimate of drug-likeness (QED) is 0.601. The maximum atomic E-state index is 11.2. The number of hydrazone groups is 1. The molecule has 0 spiro atoms. The van der Waals surface area contributed by atoms with Crippen LogP contribution in [0.3, 0.4) is 0 Å². The molecule has 1 rings (SSSR count). The molecule has 4 nitrogen and oxygen atoms in total. The number of hydrogen-bond acceptors (Lipinski definition) is 3. The minimum atomic E-state index is -0.0802. The molecule has 4 heteroatoms. The van der Waals surface area contributed by atoms with Gasteiger partial charge in [-0.1, -0.05) is 13.8 Å². The molecule has 0 unspecified atom stereocenters. The average Bonchev–Trinajstić information content (AvgIpc) is 2.26. The van der Waals surface area contributed by atoms with Crippen LogP contribution in [0.4, 0.5) is 0 Å². The smallest absolute Gasteiger partial charge is 0.242 e. The minimum absolute atomic E-state index is 0.0565. The Bertz CT molecular complexity index is 357. The third kappa shape index (κ3) is 3.50. The molecule has 0 aromatic carbocycles. The van der Waals surface area contributed by atoms with E-state index in [4.69, 9.17) is 0 Å². The van der Waals surface area contributed by atoms with Gasteiger partial charge in [-0.2, -0.15) is 5.10 Å². The number of carbonyl (C=O) groups excluding carboxylic acids is 1. The van der Waals surface area contributed by atoms with Crippen LogP contribution < -0.4 is 5.43 Å². The highest BCUT2D eigenvalue weighted by Gasteiger charge is 2.05. The van der Waals surface area contributed by atoms with Crippen molar-refractivity contribution in [2.45, 2.75) is 20.8 Å². The van der Waals surface area contributed by atoms with Crippen molar-refractivity contribution in [3.63, 3.8) is 0 Å². The number of nitrogens with one attached hydrogen (secondary N) is 1. The van der Waals surface area contributed by atoms with Crippen molar-refractivity contribution in [1.82, 2.24) is 10.4 Å². The van der Waals surface area contributed by atoms with E-state index in [1.807, 2.05) is 32.9 Å². The Labute approximate surface area is 89.4 Å². The third-order valence-corrected chi connectivity index (χ3v) is 1.96. The van der Waals surface area contributed by atoms with Crippen LogP contribution in [0.25, 0.3) is 0 Å². The molecule has 1 aromatic heterocycles. The topological polar surface area (TPSA) is 54.4 Å². The Balaban J connectivity index is 2.65. The van der Waals surface area contributed by atoms with E-state index in [9.17, 15) is 4.79 Å². The summed E-state index contributed by atoms with van der Waals surface area (Å²) in [6.07, 6.45) is 3.39. The zero-order chi connectivity index (χ0) is 11.3. The SMILES string of the molecule is CC(=NNC(=O)C(C)C)c1ccncc1. The first-order valence-electron chi connectivity index (χ1n) is 4.86. The molecule has 1 heterocycles. The molecule has 0 fully saturated rings. The average molecular weight is 205 g/mol. The lowest BCUT2D eigenvalue weighted by Crippen LogP contribution is -2.24. The molecule has 0 saturated heterocycles. The molecule has 1 N–H and O–H groups in total. The Morgan fingerprint density at radius 3 is 2.53 bits per heavy atom. The van der Waals surface area contributed by atoms with E-state index < -0.39 is 0 Å². The van der Waals surface area contributed by atoms with Gasteiger partial charge < -0.3 is 0 Å². The molecule has 0 atom stereocenters. The van der Waals surface area contributed by atoms with Gasteiger partial charge in [-0.05, 0) is 19.1 Å². The molecule has 0 aliphatic carbocycles. The number of amides is 1. The number of aromatic nitrogens is 1. The second-order valence-electron chi connectivity index (χ2n) is 3.56. The van der Waals surface area contributed by atoms with Crippen LogP contribution in [-0.2, 0) is 4.79 Å². The van der Waals surface area contributed by atoms with Gasteiger partial charge in [-0.25, -0.2) is 5.43 Å². The molecule has 1 amide bonds. The zero-order valence-corrected chi connectivity index (χ0v) is 9.19. The Hall–Kier alpha value is -1.71. The predicted octanol–water partition coefficient (Wildman–Crippen LogP) is 1.58. The molecule has 1 aromatic rings. The summed E-state index contributed by atoms with van der Waals surface area (Å²) < 4.78 is 0. The highest BCUT2D eigenvalue weighted by atomic mass is 16.2. The lowest BCUT2D eigenvalue weighted by molar-refractivity contribution is -0.123. The van der Waals surface area contributed by atoms with Crippen LogP contribution in [0, 0.1) is 5.92 Å². The maximum absolute atomic E-state index is 11.2. The Morgan fingerprint density at radius 1 is 1.40 bits per heavy atom. The minimum Gasteiger partial charge on any atom is -0.273 e. The molecule has 0 aliphatic rings. The van der Waals surface area contributed by atoms with Crippen molar-refractivity contribution in [1.29, 1.82) is 0 Å². The largest absolute Gasteiger partial charge is 0.273 e. The van der Waals surface area contributed by atoms with Crippen LogP contribution in [0.2, 0.25) is 0 Å². The predicted molar refractivity (Wildman–Crippen MR) is 59.4 cm³/mol. The van der Waals surface area contributed by atoms with Crippen LogP contribution in [-0.4, -0.2) is 16.6 Å². The summed E-state index contributed by atoms with van der Waals surface area (Å²) in [4.78, 5) is 15.2. The number of rotatable bonds is 3. The van der Waals surface area contributed by atoms with Crippen molar-refractivity contribution in [3.8, 4) is 0 Å². The van der Waals surface area contributed by atoms with Crippen LogP contribution in [0.15, 0.2) is 29.6 Å². The molecule has 0 aliphatic heterocycles. The van der Waals surface area contributed by atoms with Crippen molar-refractivity contribution in [3.05, 3.63) is 30.1 Å². The van der Waals surface area contributed by atoms with Gasteiger partial charge in [0.2, 0.25) is 5.91 Å². The lowest BCUT2D eigenvalue weighted by Gasteiger charge is -2.04. The van der Waals surface area contributed by atoms with E-state index in [1.165, 1.54) is 0 Å². The summed E-state index contributed by atoms with van der Waals surface area (Å²) in [6.45, 7) is 5.50. The van der Waals surface area contributed by atoms with E-state index in [-0.39, 0.29) is 11.8 Å². The summed E-state index contributed by atoms with van der Waals surface area (Å²) in [7, 11) is 0. The highest BCUT2D eigenvalue weighted by Crippen LogP contribution is 1.98. The van der Waals surface area contributed by atoms with Gasteiger partial charge in [0.05, 0.1) is 5.71 Å². The van der Waals surface area contributed by atoms with Gasteiger partial charge in [-0.3, -0.25) is 9.78 Å². The fourth-order valence-corrected chi connectivity index (χ4v) is 0.926. The molecule has 0 radical (unpaired) electrons. The fourth-order valence-electron chi connectivity index (χ4n) is 0.926. The fraction of sp³-hybridized carbons (Fsp3) is 0.364. The van der Waals surface area contributed by atoms with E-state index in [1.54, 1.807) is 12.4 Å². The second kappa shape index (κ2) is 5.24. The van der Waals surface area contributed by atoms with Gasteiger partial charge in [0.25, 0.3) is 0 Å². The molecule has 80 valence electrons. The van der Waals surface area contributed by atoms with Crippen LogP contribution in [0.5, 0.6) is 0 Å². The van der Waals surface area contributed by atoms with E-state index >= 15 is 0 Å². The van der Waals surface area contributed by atoms with Crippen LogP contribution >= 0.6 is 0 Å². The second-order valence-corrected chi connectivity index (χ2v) is 3.56. The van der Waals surface area contributed by atoms with Gasteiger partial charge in [0.15, 0.2) is 0 Å². The molecule has 0 bridgehead atoms. The van der Waals surface area contributed by atoms with Gasteiger partial charge >= 0.3 is 0 Å². The van der Waals surface area contributed by atoms with E-state index in [0.717, 1.165) is 11.3 Å². The number of hydrogen-bond donors (Lipinski definition) is 1. The highest BCUT2D eigenvalue weighted by molar-refractivity contribution is 5.99. The van der Waals surface area contributed by atoms with Crippen molar-refractivity contribution in [2.24, 2.45) is 11.0 Å². The van der Waals surface area contributed by atoms with E-state index in [2.05, 4.69) is 15.5 Å². The van der Waals surface area contributed by atoms with Crippen molar-refractivity contribution < 1.29 is 4.79 Å². The number of pyridine rings is 1. The summed E-state index contributed by atoms with van der Waals surface area (Å²) >= 11 is 0. The molecule has 0 saturated carbocycles. The number of nitrogens with zero attached hydrogens (tertiary/aromatic N) is 2. The first-order valence-corrected chi connectivity index (χ1v) is 4.86. The van der Waals surface area contributed by atoms with Gasteiger partial charge in [0, 0.05) is 23.9 Å². The van der Waals surface area contributed by atoms with Crippen LogP contribution in [0.1, 0.15) is 26.3 Å². The summed E-state index contributed by atoms with van der Waals surface area (Å²) in [5.41, 5.74) is 4.23. The summed E-state index contributed by atoms with van der Waals surface area (Å²) in [5.74, 6) is -0.137. The maximum Gasteiger partial charge on any atom is 0.242 e. The van der Waals surface area contributed by atoms with Gasteiger partial charge in [0.1, 0.15) is 0 Å². The monoisotopic (exact) mass is 205 g/mol. The summed E-state index contributed by atoms with van der Waals surface area (Å²) in [6, 6.07) is 3.70. The molecular weight excluding hydrogens is 190 g/mol. The summed E-state index contributed by atoms with van der Waals surface area (Å²) in [5, 5.41) is 4.00. The standard InChI is InChI=1S/C11H15N3O/c1-8(2)11(15)14-13-9(3)10-4-6-12-7-5-10/h4-8H,1-3H3,(H,14,15). The first-order chi connectivity index (χ1) is 7.11. The first kappa shape index (κ1) is 11.4. The zero-order valence-electron chi connectivity index (χ0n) is 9.19. The van der Waals surface area contributed by atoms with E-state index in [0.29, 0.717) is 0 Å². The van der Waals surface area contributed by atoms with Crippen molar-refractivity contribution in [2.75, 3.05) is 0 Å².